The van der Waals surface area contributed by atoms with Crippen molar-refractivity contribution in [3.05, 3.63) is 118 Å². The minimum absolute atomic E-state index is 0.0359. The van der Waals surface area contributed by atoms with Gasteiger partial charge in [-0.05, 0) is 91.1 Å². The zero-order valence-electron chi connectivity index (χ0n) is 54.6. The zero-order chi connectivity index (χ0) is 70.9. The molecule has 5 aliphatic rings. The van der Waals surface area contributed by atoms with Gasteiger partial charge in [0, 0.05) is 74.1 Å². The molecular formula is C65H85N14O16S2+. The molecule has 97 heavy (non-hydrogen) atoms. The summed E-state index contributed by atoms with van der Waals surface area (Å²) in [5.41, 5.74) is 20.4. The van der Waals surface area contributed by atoms with Crippen molar-refractivity contribution in [2.24, 2.45) is 29.0 Å². The SMILES string of the molecule is CCC(C)C1NC(=O)C(c2ccc(O)cc2)NC(=O)C(O)CSSCC(C(=O)N2CCCC2C(=O)NC(CCCNC(=O)c2ccc(C3=C4C=CC(N(C)C)=CC4OC4=CC(=[N+](C)C)C=CC43)c(C(=O)O)c2)C(=O)NCN)NC(=O)C(CC(N)=O)NC(=O)C(CCC(N)=O)NC1=O. The number of benzene rings is 2. The van der Waals surface area contributed by atoms with E-state index in [0.717, 1.165) is 38.6 Å². The molecule has 0 radical (unpaired) electrons. The first-order valence-corrected chi connectivity index (χ1v) is 34.1. The number of hydrogen-bond donors (Lipinski definition) is 14. The topological polar surface area (TPSA) is 459 Å². The quantitative estimate of drug-likeness (QED) is 0.0302. The minimum atomic E-state index is -1.83. The van der Waals surface area contributed by atoms with Crippen LogP contribution in [0.4, 0.5) is 0 Å². The number of primary amides is 2. The molecule has 3 aliphatic heterocycles. The average Bonchev–Trinajstić information content (AvgIpc) is 1.53. The first kappa shape index (κ1) is 74.9. The first-order valence-electron chi connectivity index (χ1n) is 31.6. The fourth-order valence-corrected chi connectivity index (χ4v) is 13.6. The van der Waals surface area contributed by atoms with E-state index in [1.165, 1.54) is 41.3 Å². The normalized spacial score (nSPS) is 23.9. The number of carbonyl (C=O) groups excluding carboxylic acids is 11. The molecule has 0 aromatic heterocycles. The van der Waals surface area contributed by atoms with E-state index < -0.39 is 157 Å². The van der Waals surface area contributed by atoms with Crippen LogP contribution in [0.2, 0.25) is 0 Å². The van der Waals surface area contributed by atoms with Crippen LogP contribution < -0.4 is 59.7 Å². The van der Waals surface area contributed by atoms with Crippen LogP contribution in [-0.4, -0.2) is 214 Å². The van der Waals surface area contributed by atoms with E-state index in [2.05, 4.69) is 42.5 Å². The number of amides is 11. The van der Waals surface area contributed by atoms with Gasteiger partial charge in [0.2, 0.25) is 58.9 Å². The van der Waals surface area contributed by atoms with Crippen LogP contribution in [0, 0.1) is 11.8 Å². The van der Waals surface area contributed by atoms with E-state index in [-0.39, 0.29) is 85.8 Å². The number of likely N-dealkylation sites (tertiary alicyclic amines) is 1. The van der Waals surface area contributed by atoms with Gasteiger partial charge in [0.25, 0.3) is 11.8 Å². The van der Waals surface area contributed by atoms with Crippen LogP contribution in [0.1, 0.15) is 103 Å². The Hall–Kier alpha value is -9.53. The summed E-state index contributed by atoms with van der Waals surface area (Å²) in [7, 11) is 9.38. The van der Waals surface area contributed by atoms with Crippen LogP contribution >= 0.6 is 21.6 Å². The van der Waals surface area contributed by atoms with E-state index in [0.29, 0.717) is 16.9 Å². The van der Waals surface area contributed by atoms with Gasteiger partial charge in [-0.3, -0.25) is 52.7 Å². The van der Waals surface area contributed by atoms with Gasteiger partial charge >= 0.3 is 5.97 Å². The molecule has 522 valence electrons. The van der Waals surface area contributed by atoms with Gasteiger partial charge in [-0.1, -0.05) is 72.2 Å². The maximum absolute atomic E-state index is 14.9. The summed E-state index contributed by atoms with van der Waals surface area (Å²) in [6.07, 6.45) is 8.08. The highest BCUT2D eigenvalue weighted by Gasteiger charge is 2.42. The van der Waals surface area contributed by atoms with Gasteiger partial charge in [0.1, 0.15) is 80.1 Å². The second kappa shape index (κ2) is 34.4. The van der Waals surface area contributed by atoms with Gasteiger partial charge in [-0.2, -0.15) is 0 Å². The predicted octanol–water partition coefficient (Wildman–Crippen LogP) is -1.20. The Morgan fingerprint density at radius 2 is 1.55 bits per heavy atom. The molecule has 32 heteroatoms. The molecule has 2 aliphatic carbocycles. The van der Waals surface area contributed by atoms with Crippen LogP contribution in [0.25, 0.3) is 5.57 Å². The van der Waals surface area contributed by atoms with Crippen molar-refractivity contribution in [2.75, 3.05) is 59.5 Å². The smallest absolute Gasteiger partial charge is 0.336 e. The number of carboxylic acid groups (broad SMARTS) is 1. The molecule has 7 rings (SSSR count). The van der Waals surface area contributed by atoms with Crippen LogP contribution in [0.5, 0.6) is 5.75 Å². The number of likely N-dealkylation sites (N-methyl/N-ethyl adjacent to an activating group) is 1. The number of aliphatic hydroxyl groups is 1. The molecule has 0 spiro atoms. The summed E-state index contributed by atoms with van der Waals surface area (Å²) in [4.78, 5) is 168. The third-order valence-corrected chi connectivity index (χ3v) is 19.3. The molecule has 2 fully saturated rings. The molecule has 2 aromatic carbocycles. The average molecular weight is 1380 g/mol. The Morgan fingerprint density at radius 3 is 2.21 bits per heavy atom. The molecule has 3 heterocycles. The van der Waals surface area contributed by atoms with Crippen molar-refractivity contribution >= 4 is 104 Å². The van der Waals surface area contributed by atoms with Crippen LogP contribution in [-0.2, 0) is 52.7 Å². The molecule has 0 bridgehead atoms. The van der Waals surface area contributed by atoms with Gasteiger partial charge in [-0.15, -0.1) is 0 Å². The number of carbonyl (C=O) groups is 12. The van der Waals surface area contributed by atoms with Crippen molar-refractivity contribution in [1.29, 1.82) is 0 Å². The van der Waals surface area contributed by atoms with E-state index in [1.54, 1.807) is 19.9 Å². The number of nitrogens with zero attached hydrogens (tertiary/aromatic N) is 3. The van der Waals surface area contributed by atoms with Gasteiger partial charge in [-0.25, -0.2) is 9.37 Å². The summed E-state index contributed by atoms with van der Waals surface area (Å²) in [5, 5.41) is 52.4. The monoisotopic (exact) mass is 1380 g/mol. The van der Waals surface area contributed by atoms with Gasteiger partial charge < -0.3 is 89.6 Å². The molecule has 11 unspecified atom stereocenters. The van der Waals surface area contributed by atoms with E-state index in [9.17, 15) is 72.9 Å². The molecule has 0 saturated carbocycles. The van der Waals surface area contributed by atoms with Crippen molar-refractivity contribution in [2.45, 2.75) is 120 Å². The van der Waals surface area contributed by atoms with Gasteiger partial charge in [0.15, 0.2) is 0 Å². The number of phenolic OH excluding ortho intramolecular Hbond substituents is 1. The lowest BCUT2D eigenvalue weighted by molar-refractivity contribution is -0.462. The molecule has 17 N–H and O–H groups in total. The Balaban J connectivity index is 1.08. The molecule has 2 aromatic rings. The Morgan fingerprint density at radius 1 is 0.845 bits per heavy atom. The minimum Gasteiger partial charge on any atom is -0.508 e. The number of rotatable bonds is 21. The number of aromatic hydroxyl groups is 1. The molecule has 11 amide bonds. The molecule has 30 nitrogen and oxygen atoms in total. The van der Waals surface area contributed by atoms with E-state index >= 15 is 0 Å². The third kappa shape index (κ3) is 19.6. The van der Waals surface area contributed by atoms with Crippen LogP contribution in [0.15, 0.2) is 95.9 Å². The second-order valence-electron chi connectivity index (χ2n) is 24.2. The lowest BCUT2D eigenvalue weighted by atomic mass is 9.78. The van der Waals surface area contributed by atoms with Crippen molar-refractivity contribution in [3.63, 3.8) is 0 Å². The maximum atomic E-state index is 14.9. The predicted molar refractivity (Wildman–Crippen MR) is 359 cm³/mol. The number of nitrogens with one attached hydrogen (secondary N) is 8. The van der Waals surface area contributed by atoms with Crippen molar-refractivity contribution in [3.8, 4) is 5.75 Å². The Labute approximate surface area is 567 Å². The highest BCUT2D eigenvalue weighted by molar-refractivity contribution is 8.76. The lowest BCUT2D eigenvalue weighted by Crippen LogP contribution is -2.61. The third-order valence-electron chi connectivity index (χ3n) is 16.9. The van der Waals surface area contributed by atoms with E-state index in [1.807, 2.05) is 74.1 Å². The summed E-state index contributed by atoms with van der Waals surface area (Å²) < 4.78 is 8.48. The van der Waals surface area contributed by atoms with Crippen molar-refractivity contribution < 1.29 is 82.2 Å². The Bertz CT molecular complexity index is 3590. The summed E-state index contributed by atoms with van der Waals surface area (Å²) in [5.74, 6) is -12.7. The lowest BCUT2D eigenvalue weighted by Gasteiger charge is -2.37. The largest absolute Gasteiger partial charge is 0.508 e. The number of aliphatic hydroxyl groups excluding tert-OH is 1. The maximum Gasteiger partial charge on any atom is 0.336 e. The second-order valence-corrected chi connectivity index (χ2v) is 26.8. The number of hydrogen-bond acceptors (Lipinski definition) is 19. The highest BCUT2D eigenvalue weighted by atomic mass is 33.1. The van der Waals surface area contributed by atoms with E-state index in [4.69, 9.17) is 21.9 Å². The number of aromatic carboxylic acids is 1. The fourth-order valence-electron chi connectivity index (χ4n) is 11.4. The number of carboxylic acids is 1. The number of ether oxygens (including phenoxy) is 1. The summed E-state index contributed by atoms with van der Waals surface area (Å²) >= 11 is 0. The molecular weight excluding hydrogens is 1300 g/mol. The molecule has 2 saturated heterocycles. The first-order chi connectivity index (χ1) is 46.1. The van der Waals surface area contributed by atoms with Crippen molar-refractivity contribution in [1.82, 2.24) is 52.3 Å². The Kier molecular flexibility index (Phi) is 26.6. The number of allylic oxidation sites excluding steroid dienone is 4. The summed E-state index contributed by atoms with van der Waals surface area (Å²) in [6.45, 7) is 2.89. The highest BCUT2D eigenvalue weighted by Crippen LogP contribution is 2.45. The number of phenols is 1. The van der Waals surface area contributed by atoms with Gasteiger partial charge in [0.05, 0.1) is 24.6 Å². The standard InChI is InChI=1S/C65H84N14O16S2/c1-7-33(2)54-62(90)72-44(22-23-51(67)82)58(86)73-45(29-52(68)83)59(87)74-46(30-96-97-31-48(81)61(89)76-55(63(91)75-54)34-12-17-38(80)18-13-34)64(92)79-25-9-11-47(79)60(88)71-43(57(85)70-32-66)10-8-24-69-56(84)35-14-19-39(42(26-35)65(93)94)53-40-20-15-36(77(3)4)27-49(40)95-50-28-37(78(5)6)16-21-41(50)53/h12-21,26-28,33,40,43-48,50,54-55,81H,7-11,22-25,29-32,66H2,1-6H3,(H13-,67,68,69,70,71,72,73,74,75,76,80,82,83,84,85,86,87,88,89,90,91,93,94)/p+1. The fraction of sp³-hybridized carbons (Fsp3) is 0.462. The zero-order valence-corrected chi connectivity index (χ0v) is 56.2. The number of fused-ring (bicyclic) bond motifs is 2. The summed E-state index contributed by atoms with van der Waals surface area (Å²) in [6, 6.07) is -1.00. The number of nitrogens with two attached hydrogens (primary N) is 3. The molecule has 11 atom stereocenters. The van der Waals surface area contributed by atoms with Crippen LogP contribution in [0.3, 0.4) is 0 Å².